The standard InChI is InChI=1S/C17H22BrNO3/c1-16(2,3)22-15(21)19-14(20)8-10-17(19)9-7-11-12(17)5-4-6-13(11)18/h4-6,14,20H,7-10H2,1-3H3. The highest BCUT2D eigenvalue weighted by Gasteiger charge is 2.54. The zero-order chi connectivity index (χ0) is 16.1. The number of nitrogens with zero attached hydrogens (tertiary/aromatic N) is 1. The smallest absolute Gasteiger partial charge is 0.413 e. The number of benzene rings is 1. The Hall–Kier alpha value is -1.07. The van der Waals surface area contributed by atoms with Crippen LogP contribution in [0.5, 0.6) is 0 Å². The summed E-state index contributed by atoms with van der Waals surface area (Å²) in [6.07, 6.45) is 1.90. The minimum Gasteiger partial charge on any atom is -0.444 e. The van der Waals surface area contributed by atoms with E-state index < -0.39 is 23.5 Å². The van der Waals surface area contributed by atoms with Gasteiger partial charge in [0.05, 0.1) is 5.54 Å². The Labute approximate surface area is 139 Å². The van der Waals surface area contributed by atoms with E-state index in [-0.39, 0.29) is 0 Å². The molecule has 0 radical (unpaired) electrons. The summed E-state index contributed by atoms with van der Waals surface area (Å²) in [7, 11) is 0. The maximum absolute atomic E-state index is 12.7. The molecular weight excluding hydrogens is 346 g/mol. The van der Waals surface area contributed by atoms with Crippen LogP contribution in [0.3, 0.4) is 0 Å². The number of fused-ring (bicyclic) bond motifs is 2. The molecule has 4 nitrogen and oxygen atoms in total. The number of amides is 1. The van der Waals surface area contributed by atoms with Crippen molar-refractivity contribution in [3.63, 3.8) is 0 Å². The molecule has 1 spiro atoms. The van der Waals surface area contributed by atoms with Crippen molar-refractivity contribution in [2.24, 2.45) is 0 Å². The molecular formula is C17H22BrNO3. The minimum absolute atomic E-state index is 0.426. The van der Waals surface area contributed by atoms with E-state index in [2.05, 4.69) is 22.0 Å². The van der Waals surface area contributed by atoms with Crippen molar-refractivity contribution < 1.29 is 14.6 Å². The highest BCUT2D eigenvalue weighted by atomic mass is 79.9. The number of carbonyl (C=O) groups excluding carboxylic acids is 1. The van der Waals surface area contributed by atoms with Gasteiger partial charge in [-0.25, -0.2) is 4.79 Å². The number of aliphatic hydroxyl groups is 1. The van der Waals surface area contributed by atoms with E-state index in [1.54, 1.807) is 4.90 Å². The Morgan fingerprint density at radius 1 is 1.41 bits per heavy atom. The molecule has 1 saturated heterocycles. The highest BCUT2D eigenvalue weighted by Crippen LogP contribution is 2.51. The molecule has 1 aromatic carbocycles. The van der Waals surface area contributed by atoms with E-state index in [1.165, 1.54) is 5.56 Å². The lowest BCUT2D eigenvalue weighted by Gasteiger charge is -2.38. The van der Waals surface area contributed by atoms with Crippen molar-refractivity contribution >= 4 is 22.0 Å². The first-order valence-corrected chi connectivity index (χ1v) is 8.52. The monoisotopic (exact) mass is 367 g/mol. The van der Waals surface area contributed by atoms with Gasteiger partial charge in [0.25, 0.3) is 0 Å². The fourth-order valence-corrected chi connectivity index (χ4v) is 4.30. The Kier molecular flexibility index (Phi) is 3.76. The summed E-state index contributed by atoms with van der Waals surface area (Å²) in [5, 5.41) is 10.4. The van der Waals surface area contributed by atoms with Gasteiger partial charge >= 0.3 is 6.09 Å². The molecule has 1 aromatic rings. The maximum atomic E-state index is 12.7. The molecule has 0 aromatic heterocycles. The molecule has 2 aliphatic rings. The lowest BCUT2D eigenvalue weighted by molar-refractivity contribution is -0.0465. The first-order chi connectivity index (χ1) is 10.2. The molecule has 1 heterocycles. The number of halogens is 1. The summed E-state index contributed by atoms with van der Waals surface area (Å²) in [4.78, 5) is 14.2. The van der Waals surface area contributed by atoms with E-state index in [9.17, 15) is 9.90 Å². The minimum atomic E-state index is -0.778. The maximum Gasteiger partial charge on any atom is 0.413 e. The van der Waals surface area contributed by atoms with Crippen LogP contribution in [0.25, 0.3) is 0 Å². The average Bonchev–Trinajstić information content (AvgIpc) is 2.92. The third-order valence-corrected chi connectivity index (χ3v) is 5.32. The van der Waals surface area contributed by atoms with Crippen LogP contribution in [0.1, 0.15) is 51.2 Å². The summed E-state index contributed by atoms with van der Waals surface area (Å²) < 4.78 is 6.62. The molecule has 120 valence electrons. The summed E-state index contributed by atoms with van der Waals surface area (Å²) in [5.41, 5.74) is 1.38. The van der Waals surface area contributed by atoms with Crippen molar-refractivity contribution in [1.29, 1.82) is 0 Å². The average molecular weight is 368 g/mol. The van der Waals surface area contributed by atoms with Crippen LogP contribution in [0.2, 0.25) is 0 Å². The molecule has 1 aliphatic carbocycles. The number of ether oxygens (including phenoxy) is 1. The van der Waals surface area contributed by atoms with Gasteiger partial charge in [-0.3, -0.25) is 4.90 Å². The van der Waals surface area contributed by atoms with Crippen LogP contribution < -0.4 is 0 Å². The van der Waals surface area contributed by atoms with Gasteiger partial charge in [0.1, 0.15) is 11.8 Å². The molecule has 1 aliphatic heterocycles. The number of hydrogen-bond donors (Lipinski definition) is 1. The van der Waals surface area contributed by atoms with Gasteiger partial charge in [0, 0.05) is 4.47 Å². The van der Waals surface area contributed by atoms with E-state index >= 15 is 0 Å². The molecule has 3 rings (SSSR count). The molecule has 1 amide bonds. The first-order valence-electron chi connectivity index (χ1n) is 7.73. The van der Waals surface area contributed by atoms with Gasteiger partial charge in [-0.05, 0) is 63.6 Å². The largest absolute Gasteiger partial charge is 0.444 e. The van der Waals surface area contributed by atoms with Crippen molar-refractivity contribution in [1.82, 2.24) is 4.90 Å². The van der Waals surface area contributed by atoms with Crippen LogP contribution in [0.4, 0.5) is 4.79 Å². The van der Waals surface area contributed by atoms with Crippen molar-refractivity contribution in [2.45, 2.75) is 63.8 Å². The highest BCUT2D eigenvalue weighted by molar-refractivity contribution is 9.10. The Bertz CT molecular complexity index is 610. The molecule has 1 N–H and O–H groups in total. The molecule has 22 heavy (non-hydrogen) atoms. The van der Waals surface area contributed by atoms with Crippen LogP contribution in [-0.4, -0.2) is 27.9 Å². The lowest BCUT2D eigenvalue weighted by atomic mass is 9.89. The zero-order valence-electron chi connectivity index (χ0n) is 13.2. The Balaban J connectivity index is 2.01. The van der Waals surface area contributed by atoms with Gasteiger partial charge in [-0.1, -0.05) is 28.1 Å². The van der Waals surface area contributed by atoms with Crippen molar-refractivity contribution in [3.05, 3.63) is 33.8 Å². The van der Waals surface area contributed by atoms with Crippen LogP contribution >= 0.6 is 15.9 Å². The summed E-state index contributed by atoms with van der Waals surface area (Å²) in [6.45, 7) is 5.54. The summed E-state index contributed by atoms with van der Waals surface area (Å²) in [5.74, 6) is 0. The molecule has 0 bridgehead atoms. The van der Waals surface area contributed by atoms with E-state index in [0.29, 0.717) is 6.42 Å². The third-order valence-electron chi connectivity index (χ3n) is 4.57. The zero-order valence-corrected chi connectivity index (χ0v) is 14.8. The quantitative estimate of drug-likeness (QED) is 0.755. The van der Waals surface area contributed by atoms with E-state index in [0.717, 1.165) is 29.3 Å². The Morgan fingerprint density at radius 3 is 2.82 bits per heavy atom. The molecule has 2 atom stereocenters. The Morgan fingerprint density at radius 2 is 2.14 bits per heavy atom. The first kappa shape index (κ1) is 15.8. The number of aliphatic hydroxyl groups excluding tert-OH is 1. The van der Waals surface area contributed by atoms with Gasteiger partial charge in [-0.15, -0.1) is 0 Å². The molecule has 5 heteroatoms. The van der Waals surface area contributed by atoms with E-state index in [4.69, 9.17) is 4.74 Å². The van der Waals surface area contributed by atoms with Crippen molar-refractivity contribution in [2.75, 3.05) is 0 Å². The van der Waals surface area contributed by atoms with Crippen LogP contribution in [0, 0.1) is 0 Å². The molecule has 0 saturated carbocycles. The fraction of sp³-hybridized carbons (Fsp3) is 0.588. The van der Waals surface area contributed by atoms with Gasteiger partial charge in [0.2, 0.25) is 0 Å². The van der Waals surface area contributed by atoms with Gasteiger partial charge in [0.15, 0.2) is 0 Å². The van der Waals surface area contributed by atoms with Crippen LogP contribution in [0.15, 0.2) is 22.7 Å². The second-order valence-electron chi connectivity index (χ2n) is 7.17. The topological polar surface area (TPSA) is 49.8 Å². The van der Waals surface area contributed by atoms with Gasteiger partial charge in [-0.2, -0.15) is 0 Å². The fourth-order valence-electron chi connectivity index (χ4n) is 3.74. The van der Waals surface area contributed by atoms with E-state index in [1.807, 2.05) is 32.9 Å². The number of hydrogen-bond acceptors (Lipinski definition) is 3. The summed E-state index contributed by atoms with van der Waals surface area (Å²) >= 11 is 3.60. The number of rotatable bonds is 0. The predicted octanol–water partition coefficient (Wildman–Crippen LogP) is 3.94. The third kappa shape index (κ3) is 2.44. The normalized spacial score (nSPS) is 27.3. The SMILES string of the molecule is CC(C)(C)OC(=O)N1C(O)CCC12CCc1c(Br)cccc12. The second-order valence-corrected chi connectivity index (χ2v) is 8.02. The summed E-state index contributed by atoms with van der Waals surface area (Å²) in [6, 6.07) is 6.09. The van der Waals surface area contributed by atoms with Crippen molar-refractivity contribution in [3.8, 4) is 0 Å². The molecule has 2 unspecified atom stereocenters. The molecule has 1 fully saturated rings. The van der Waals surface area contributed by atoms with Crippen LogP contribution in [-0.2, 0) is 16.7 Å². The lowest BCUT2D eigenvalue weighted by Crippen LogP contribution is -2.49. The number of carbonyl (C=O) groups is 1. The number of likely N-dealkylation sites (tertiary alicyclic amines) is 1. The predicted molar refractivity (Wildman–Crippen MR) is 87.5 cm³/mol. The second kappa shape index (κ2) is 5.24. The van der Waals surface area contributed by atoms with Gasteiger partial charge < -0.3 is 9.84 Å².